The molecule has 0 heterocycles. The van der Waals surface area contributed by atoms with Gasteiger partial charge >= 0.3 is 0 Å². The molecule has 0 aromatic heterocycles. The first kappa shape index (κ1) is 22.4. The number of hydrogen-bond acceptors (Lipinski definition) is 2. The predicted molar refractivity (Wildman–Crippen MR) is 118 cm³/mol. The fourth-order valence-electron chi connectivity index (χ4n) is 4.57. The summed E-state index contributed by atoms with van der Waals surface area (Å²) in [5.74, 6) is 0.602. The van der Waals surface area contributed by atoms with E-state index in [1.165, 1.54) is 50.5 Å². The van der Waals surface area contributed by atoms with Crippen molar-refractivity contribution in [2.24, 2.45) is 11.3 Å². The Morgan fingerprint density at radius 1 is 1.14 bits per heavy atom. The lowest BCUT2D eigenvalue weighted by Gasteiger charge is -2.42. The second-order valence-corrected chi connectivity index (χ2v) is 8.12. The van der Waals surface area contributed by atoms with E-state index in [0.717, 1.165) is 19.4 Å². The van der Waals surface area contributed by atoms with Crippen LogP contribution in [0.1, 0.15) is 76.7 Å². The van der Waals surface area contributed by atoms with Crippen LogP contribution in [0.5, 0.6) is 0 Å². The molecule has 1 aromatic rings. The zero-order valence-corrected chi connectivity index (χ0v) is 17.6. The van der Waals surface area contributed by atoms with Gasteiger partial charge in [0, 0.05) is 6.42 Å². The maximum absolute atomic E-state index is 9.12. The van der Waals surface area contributed by atoms with E-state index in [1.54, 1.807) is 0 Å². The van der Waals surface area contributed by atoms with E-state index in [-0.39, 0.29) is 0 Å². The molecule has 0 spiro atoms. The van der Waals surface area contributed by atoms with Gasteiger partial charge in [-0.3, -0.25) is 0 Å². The first-order valence-corrected chi connectivity index (χ1v) is 11.1. The largest absolute Gasteiger partial charge is 0.376 e. The van der Waals surface area contributed by atoms with Crippen LogP contribution in [0, 0.1) is 22.7 Å². The SMILES string of the molecule is CCCC(/C=C\C=C\CCOCc1ccccc1)C1(CCC#N)CCCCC1. The molecule has 1 atom stereocenters. The molecule has 28 heavy (non-hydrogen) atoms. The van der Waals surface area contributed by atoms with Crippen molar-refractivity contribution in [1.29, 1.82) is 5.26 Å². The lowest BCUT2D eigenvalue weighted by atomic mass is 9.62. The summed E-state index contributed by atoms with van der Waals surface area (Å²) >= 11 is 0. The van der Waals surface area contributed by atoms with Crippen LogP contribution in [0.4, 0.5) is 0 Å². The summed E-state index contributed by atoms with van der Waals surface area (Å²) in [4.78, 5) is 0. The number of rotatable bonds is 12. The summed E-state index contributed by atoms with van der Waals surface area (Å²) in [5, 5.41) is 9.12. The van der Waals surface area contributed by atoms with E-state index >= 15 is 0 Å². The highest BCUT2D eigenvalue weighted by molar-refractivity contribution is 5.13. The fourth-order valence-corrected chi connectivity index (χ4v) is 4.57. The molecule has 152 valence electrons. The highest BCUT2D eigenvalue weighted by atomic mass is 16.5. The minimum atomic E-state index is 0.354. The molecule has 1 aliphatic carbocycles. The lowest BCUT2D eigenvalue weighted by molar-refractivity contribution is 0.107. The maximum Gasteiger partial charge on any atom is 0.0717 e. The van der Waals surface area contributed by atoms with Gasteiger partial charge in [-0.25, -0.2) is 0 Å². The first-order chi connectivity index (χ1) is 13.8. The van der Waals surface area contributed by atoms with Gasteiger partial charge in [0.1, 0.15) is 0 Å². The number of benzene rings is 1. The van der Waals surface area contributed by atoms with E-state index in [1.807, 2.05) is 18.2 Å². The molecule has 2 rings (SSSR count). The van der Waals surface area contributed by atoms with Crippen molar-refractivity contribution in [3.8, 4) is 6.07 Å². The molecule has 1 unspecified atom stereocenters. The minimum Gasteiger partial charge on any atom is -0.376 e. The van der Waals surface area contributed by atoms with Gasteiger partial charge in [-0.15, -0.1) is 0 Å². The minimum absolute atomic E-state index is 0.354. The number of hydrogen-bond donors (Lipinski definition) is 0. The van der Waals surface area contributed by atoms with Crippen molar-refractivity contribution in [1.82, 2.24) is 0 Å². The Morgan fingerprint density at radius 3 is 2.64 bits per heavy atom. The Hall–Kier alpha value is -1.85. The molecule has 2 nitrogen and oxygen atoms in total. The highest BCUT2D eigenvalue weighted by Gasteiger charge is 2.37. The quantitative estimate of drug-likeness (QED) is 0.280. The van der Waals surface area contributed by atoms with Gasteiger partial charge in [-0.05, 0) is 49.0 Å². The highest BCUT2D eigenvalue weighted by Crippen LogP contribution is 2.48. The number of allylic oxidation sites excluding steroid dienone is 3. The van der Waals surface area contributed by atoms with Gasteiger partial charge in [0.05, 0.1) is 19.3 Å². The molecule has 1 aromatic carbocycles. The molecule has 1 aliphatic rings. The Morgan fingerprint density at radius 2 is 1.93 bits per heavy atom. The van der Waals surface area contributed by atoms with Crippen LogP contribution in [0.2, 0.25) is 0 Å². The van der Waals surface area contributed by atoms with Crippen molar-refractivity contribution in [2.75, 3.05) is 6.61 Å². The summed E-state index contributed by atoms with van der Waals surface area (Å²) in [7, 11) is 0. The topological polar surface area (TPSA) is 33.0 Å². The normalized spacial score (nSPS) is 17.7. The van der Waals surface area contributed by atoms with Crippen LogP contribution in [0.25, 0.3) is 0 Å². The first-order valence-electron chi connectivity index (χ1n) is 11.1. The van der Waals surface area contributed by atoms with Crippen molar-refractivity contribution in [2.45, 2.75) is 77.7 Å². The average Bonchev–Trinajstić information content (AvgIpc) is 2.74. The second-order valence-electron chi connectivity index (χ2n) is 8.12. The summed E-state index contributed by atoms with van der Waals surface area (Å²) in [6, 6.07) is 12.7. The molecular formula is C26H37NO. The van der Waals surface area contributed by atoms with E-state index in [0.29, 0.717) is 24.4 Å². The number of nitrogens with zero attached hydrogens (tertiary/aromatic N) is 1. The molecule has 1 saturated carbocycles. The third-order valence-electron chi connectivity index (χ3n) is 6.10. The molecule has 0 N–H and O–H groups in total. The standard InChI is InChI=1S/C26H37NO/c1-2-14-25(26(20-13-21-27)18-10-6-11-19-26)17-9-3-4-12-22-28-23-24-15-7-5-8-16-24/h3-5,7-9,15-17,25H,2,6,10-14,18-20,22-23H2,1H3/b4-3+,17-9-. The lowest BCUT2D eigenvalue weighted by Crippen LogP contribution is -2.32. The van der Waals surface area contributed by atoms with Gasteiger partial charge in [0.2, 0.25) is 0 Å². The molecule has 1 fully saturated rings. The summed E-state index contributed by atoms with van der Waals surface area (Å²) in [6.07, 6.45) is 20.8. The summed E-state index contributed by atoms with van der Waals surface area (Å²) < 4.78 is 5.74. The van der Waals surface area contributed by atoms with Gasteiger partial charge in [0.15, 0.2) is 0 Å². The zero-order chi connectivity index (χ0) is 19.9. The number of ether oxygens (including phenoxy) is 1. The van der Waals surface area contributed by atoms with Gasteiger partial charge in [0.25, 0.3) is 0 Å². The fraction of sp³-hybridized carbons (Fsp3) is 0.577. The van der Waals surface area contributed by atoms with E-state index < -0.39 is 0 Å². The molecule has 2 heteroatoms. The van der Waals surface area contributed by atoms with E-state index in [4.69, 9.17) is 10.00 Å². The van der Waals surface area contributed by atoms with Crippen molar-refractivity contribution < 1.29 is 4.74 Å². The molecule has 0 radical (unpaired) electrons. The number of nitriles is 1. The van der Waals surface area contributed by atoms with Crippen molar-refractivity contribution >= 4 is 0 Å². The Balaban J connectivity index is 1.80. The van der Waals surface area contributed by atoms with Crippen LogP contribution in [-0.4, -0.2) is 6.61 Å². The summed E-state index contributed by atoms with van der Waals surface area (Å²) in [5.41, 5.74) is 1.58. The molecular weight excluding hydrogens is 342 g/mol. The Labute approximate surface area is 172 Å². The van der Waals surface area contributed by atoms with Crippen LogP contribution >= 0.6 is 0 Å². The third-order valence-corrected chi connectivity index (χ3v) is 6.10. The third kappa shape index (κ3) is 7.64. The van der Waals surface area contributed by atoms with Crippen molar-refractivity contribution in [3.63, 3.8) is 0 Å². The Kier molecular flexibility index (Phi) is 10.7. The van der Waals surface area contributed by atoms with Gasteiger partial charge in [-0.1, -0.05) is 87.2 Å². The molecule has 0 amide bonds. The summed E-state index contributed by atoms with van der Waals surface area (Å²) in [6.45, 7) is 3.72. The van der Waals surface area contributed by atoms with E-state index in [9.17, 15) is 0 Å². The maximum atomic E-state index is 9.12. The second kappa shape index (κ2) is 13.3. The monoisotopic (exact) mass is 379 g/mol. The molecule has 0 bridgehead atoms. The molecule has 0 saturated heterocycles. The Bertz CT molecular complexity index is 620. The smallest absolute Gasteiger partial charge is 0.0717 e. The van der Waals surface area contributed by atoms with Crippen LogP contribution in [0.3, 0.4) is 0 Å². The van der Waals surface area contributed by atoms with Gasteiger partial charge < -0.3 is 4.74 Å². The van der Waals surface area contributed by atoms with Crippen LogP contribution in [0.15, 0.2) is 54.6 Å². The van der Waals surface area contributed by atoms with E-state index in [2.05, 4.69) is 49.4 Å². The van der Waals surface area contributed by atoms with Crippen LogP contribution < -0.4 is 0 Å². The molecule has 0 aliphatic heterocycles. The van der Waals surface area contributed by atoms with Crippen LogP contribution in [-0.2, 0) is 11.3 Å². The van der Waals surface area contributed by atoms with Gasteiger partial charge in [-0.2, -0.15) is 5.26 Å². The van der Waals surface area contributed by atoms with Crippen molar-refractivity contribution in [3.05, 3.63) is 60.2 Å². The average molecular weight is 380 g/mol. The predicted octanol–water partition coefficient (Wildman–Crippen LogP) is 7.38. The zero-order valence-electron chi connectivity index (χ0n) is 17.6.